The summed E-state index contributed by atoms with van der Waals surface area (Å²) in [6.07, 6.45) is 4.54. The molecule has 1 amide bonds. The molecule has 1 aromatic rings. The molecule has 1 atom stereocenters. The van der Waals surface area contributed by atoms with Gasteiger partial charge in [0, 0.05) is 17.2 Å². The van der Waals surface area contributed by atoms with Crippen molar-refractivity contribution in [3.8, 4) is 0 Å². The van der Waals surface area contributed by atoms with Gasteiger partial charge in [0.25, 0.3) is 5.91 Å². The van der Waals surface area contributed by atoms with Crippen molar-refractivity contribution in [1.82, 2.24) is 4.98 Å². The van der Waals surface area contributed by atoms with Crippen molar-refractivity contribution in [2.75, 3.05) is 18.0 Å². The Kier molecular flexibility index (Phi) is 3.35. The molecule has 1 saturated heterocycles. The summed E-state index contributed by atoms with van der Waals surface area (Å²) in [5.41, 5.74) is 4.68. The number of anilines is 1. The predicted octanol–water partition coefficient (Wildman–Crippen LogP) is 0.661. The van der Waals surface area contributed by atoms with Crippen LogP contribution in [0.4, 0.5) is 5.69 Å². The molecule has 1 fully saturated rings. The largest absolute Gasteiger partial charge is 0.378 e. The first-order valence-corrected chi connectivity index (χ1v) is 6.18. The second-order valence-corrected chi connectivity index (χ2v) is 5.20. The Labute approximate surface area is 108 Å². The molecule has 0 radical (unpaired) electrons. The third-order valence-corrected chi connectivity index (χ3v) is 3.42. The van der Waals surface area contributed by atoms with E-state index in [0.717, 1.165) is 23.1 Å². The lowest BCUT2D eigenvalue weighted by molar-refractivity contribution is -0.137. The Bertz CT molecular complexity index is 440. The minimum absolute atomic E-state index is 0.223. The maximum Gasteiger partial charge on any atom is 0.251 e. The molecular weight excluding hydrogens is 286 g/mol. The Morgan fingerprint density at radius 1 is 1.59 bits per heavy atom. The second-order valence-electron chi connectivity index (χ2n) is 4.28. The summed E-state index contributed by atoms with van der Waals surface area (Å²) in [7, 11) is 0. The Hall–Kier alpha value is -1.14. The van der Waals surface area contributed by atoms with E-state index in [0.29, 0.717) is 6.42 Å². The van der Waals surface area contributed by atoms with Crippen molar-refractivity contribution in [1.29, 1.82) is 0 Å². The number of halogens is 1. The molecule has 0 aliphatic carbocycles. The van der Waals surface area contributed by atoms with E-state index in [1.165, 1.54) is 0 Å². The van der Waals surface area contributed by atoms with Gasteiger partial charge in [0.2, 0.25) is 0 Å². The molecular formula is C11H14BrN3O2. The lowest BCUT2D eigenvalue weighted by Crippen LogP contribution is -2.56. The normalized spacial score (nSPS) is 24.7. The third-order valence-electron chi connectivity index (χ3n) is 2.99. The van der Waals surface area contributed by atoms with Crippen LogP contribution in [0.3, 0.4) is 0 Å². The lowest BCUT2D eigenvalue weighted by Gasteiger charge is -2.38. The molecule has 0 saturated carbocycles. The van der Waals surface area contributed by atoms with Crippen LogP contribution in [0.15, 0.2) is 22.9 Å². The lowest BCUT2D eigenvalue weighted by atomic mass is 9.92. The first-order chi connectivity index (χ1) is 8.01. The number of piperidine rings is 1. The average Bonchev–Trinajstić information content (AvgIpc) is 2.29. The summed E-state index contributed by atoms with van der Waals surface area (Å²) in [5, 5.41) is 10.1. The van der Waals surface area contributed by atoms with Gasteiger partial charge >= 0.3 is 0 Å². The minimum atomic E-state index is -1.43. The monoisotopic (exact) mass is 299 g/mol. The van der Waals surface area contributed by atoms with Crippen molar-refractivity contribution >= 4 is 27.5 Å². The summed E-state index contributed by atoms with van der Waals surface area (Å²) in [5.74, 6) is -0.662. The Morgan fingerprint density at radius 3 is 3.00 bits per heavy atom. The van der Waals surface area contributed by atoms with Gasteiger partial charge in [-0.25, -0.2) is 0 Å². The summed E-state index contributed by atoms with van der Waals surface area (Å²) in [6, 6.07) is 1.90. The maximum atomic E-state index is 11.2. The van der Waals surface area contributed by atoms with Crippen molar-refractivity contribution in [3.05, 3.63) is 22.9 Å². The molecule has 2 heterocycles. The van der Waals surface area contributed by atoms with Crippen LogP contribution < -0.4 is 10.6 Å². The average molecular weight is 300 g/mol. The number of rotatable bonds is 2. The zero-order valence-corrected chi connectivity index (χ0v) is 10.9. The van der Waals surface area contributed by atoms with Crippen LogP contribution in [0.5, 0.6) is 0 Å². The van der Waals surface area contributed by atoms with Crippen LogP contribution in [-0.4, -0.2) is 34.7 Å². The molecule has 92 valence electrons. The SMILES string of the molecule is NC(=O)[C@@]1(O)CCCN(c2cncc(Br)c2)C1. The first kappa shape index (κ1) is 12.3. The van der Waals surface area contributed by atoms with Gasteiger partial charge in [0.1, 0.15) is 0 Å². The number of carbonyl (C=O) groups excluding carboxylic acids is 1. The molecule has 0 spiro atoms. The van der Waals surface area contributed by atoms with E-state index in [-0.39, 0.29) is 6.54 Å². The molecule has 6 heteroatoms. The standard InChI is InChI=1S/C11H14BrN3O2/c12-8-4-9(6-14-5-8)15-3-1-2-11(17,7-15)10(13)16/h4-6,17H,1-3,7H2,(H2,13,16)/t11-/m1/s1. The molecule has 0 bridgehead atoms. The van der Waals surface area contributed by atoms with Crippen molar-refractivity contribution < 1.29 is 9.90 Å². The van der Waals surface area contributed by atoms with Gasteiger partial charge in [0.05, 0.1) is 18.4 Å². The number of hydrogen-bond donors (Lipinski definition) is 2. The number of pyridine rings is 1. The van der Waals surface area contributed by atoms with E-state index >= 15 is 0 Å². The maximum absolute atomic E-state index is 11.2. The van der Waals surface area contributed by atoms with Crippen molar-refractivity contribution in [2.24, 2.45) is 5.73 Å². The van der Waals surface area contributed by atoms with Crippen LogP contribution >= 0.6 is 15.9 Å². The summed E-state index contributed by atoms with van der Waals surface area (Å²) >= 11 is 3.34. The van der Waals surface area contributed by atoms with E-state index in [1.807, 2.05) is 11.0 Å². The fourth-order valence-electron chi connectivity index (χ4n) is 2.03. The highest BCUT2D eigenvalue weighted by Crippen LogP contribution is 2.26. The highest BCUT2D eigenvalue weighted by Gasteiger charge is 2.38. The van der Waals surface area contributed by atoms with Gasteiger partial charge < -0.3 is 15.7 Å². The van der Waals surface area contributed by atoms with E-state index in [4.69, 9.17) is 5.73 Å². The second kappa shape index (κ2) is 4.62. The molecule has 2 rings (SSSR count). The zero-order valence-electron chi connectivity index (χ0n) is 9.27. The predicted molar refractivity (Wildman–Crippen MR) is 67.5 cm³/mol. The molecule has 1 aromatic heterocycles. The highest BCUT2D eigenvalue weighted by molar-refractivity contribution is 9.10. The molecule has 17 heavy (non-hydrogen) atoms. The summed E-state index contributed by atoms with van der Waals surface area (Å²) in [4.78, 5) is 17.2. The van der Waals surface area contributed by atoms with Gasteiger partial charge in [-0.3, -0.25) is 9.78 Å². The molecule has 5 nitrogen and oxygen atoms in total. The van der Waals surface area contributed by atoms with Crippen LogP contribution in [0.1, 0.15) is 12.8 Å². The van der Waals surface area contributed by atoms with Gasteiger partial charge in [-0.15, -0.1) is 0 Å². The van der Waals surface area contributed by atoms with Gasteiger partial charge in [-0.1, -0.05) is 0 Å². The molecule has 3 N–H and O–H groups in total. The summed E-state index contributed by atoms with van der Waals surface area (Å²) in [6.45, 7) is 1.01. The van der Waals surface area contributed by atoms with Crippen LogP contribution in [0.25, 0.3) is 0 Å². The number of hydrogen-bond acceptors (Lipinski definition) is 4. The quantitative estimate of drug-likeness (QED) is 0.841. The van der Waals surface area contributed by atoms with Crippen LogP contribution in [0, 0.1) is 0 Å². The number of primary amides is 1. The number of nitrogens with two attached hydrogens (primary N) is 1. The Balaban J connectivity index is 2.20. The fraction of sp³-hybridized carbons (Fsp3) is 0.455. The molecule has 1 aliphatic rings. The highest BCUT2D eigenvalue weighted by atomic mass is 79.9. The number of nitrogens with zero attached hydrogens (tertiary/aromatic N) is 2. The molecule has 0 unspecified atom stereocenters. The minimum Gasteiger partial charge on any atom is -0.378 e. The molecule has 0 aromatic carbocycles. The van der Waals surface area contributed by atoms with Crippen molar-refractivity contribution in [3.63, 3.8) is 0 Å². The fourth-order valence-corrected chi connectivity index (χ4v) is 2.38. The third kappa shape index (κ3) is 2.58. The van der Waals surface area contributed by atoms with Gasteiger partial charge in [-0.2, -0.15) is 0 Å². The van der Waals surface area contributed by atoms with E-state index in [1.54, 1.807) is 12.4 Å². The molecule has 1 aliphatic heterocycles. The summed E-state index contributed by atoms with van der Waals surface area (Å²) < 4.78 is 0.864. The zero-order chi connectivity index (χ0) is 12.5. The number of aliphatic hydroxyl groups is 1. The first-order valence-electron chi connectivity index (χ1n) is 5.39. The number of aromatic nitrogens is 1. The van der Waals surface area contributed by atoms with Crippen LogP contribution in [-0.2, 0) is 4.79 Å². The van der Waals surface area contributed by atoms with Gasteiger partial charge in [0.15, 0.2) is 5.60 Å². The smallest absolute Gasteiger partial charge is 0.251 e. The Morgan fingerprint density at radius 2 is 2.35 bits per heavy atom. The van der Waals surface area contributed by atoms with E-state index in [9.17, 15) is 9.90 Å². The number of carbonyl (C=O) groups is 1. The van der Waals surface area contributed by atoms with Crippen molar-refractivity contribution in [2.45, 2.75) is 18.4 Å². The van der Waals surface area contributed by atoms with Crippen LogP contribution in [0.2, 0.25) is 0 Å². The topological polar surface area (TPSA) is 79.5 Å². The number of amides is 1. The van der Waals surface area contributed by atoms with Gasteiger partial charge in [-0.05, 0) is 34.8 Å². The van der Waals surface area contributed by atoms with E-state index < -0.39 is 11.5 Å². The van der Waals surface area contributed by atoms with E-state index in [2.05, 4.69) is 20.9 Å². The number of β-amino-alcohol motifs (C(OH)–C–C–N with tert-alkyl or cyclic N) is 1.